The molecule has 0 spiro atoms. The van der Waals surface area contributed by atoms with Gasteiger partial charge in [0.15, 0.2) is 5.69 Å². The van der Waals surface area contributed by atoms with E-state index in [9.17, 15) is 13.2 Å². The van der Waals surface area contributed by atoms with Gasteiger partial charge in [0.1, 0.15) is 0 Å². The van der Waals surface area contributed by atoms with Crippen LogP contribution in [0.2, 0.25) is 0 Å². The minimum absolute atomic E-state index is 0.369. The Morgan fingerprint density at radius 2 is 1.91 bits per heavy atom. The summed E-state index contributed by atoms with van der Waals surface area (Å²) in [4.78, 5) is 3.63. The monoisotopic (exact) mass is 318 g/mol. The number of benzene rings is 2. The summed E-state index contributed by atoms with van der Waals surface area (Å²) in [6.07, 6.45) is -2.79. The molecule has 0 fully saturated rings. The fraction of sp³-hybridized carbons (Fsp3) is 0.125. The summed E-state index contributed by atoms with van der Waals surface area (Å²) in [5.74, 6) is 0. The van der Waals surface area contributed by atoms with Crippen LogP contribution in [0.3, 0.4) is 0 Å². The zero-order valence-electron chi connectivity index (χ0n) is 11.4. The molecule has 0 amide bonds. The van der Waals surface area contributed by atoms with Crippen molar-refractivity contribution in [1.29, 1.82) is 5.26 Å². The number of rotatable bonds is 2. The first-order valence-electron chi connectivity index (χ1n) is 6.08. The first-order valence-corrected chi connectivity index (χ1v) is 7.30. The Morgan fingerprint density at radius 3 is 2.45 bits per heavy atom. The fourth-order valence-electron chi connectivity index (χ4n) is 2.03. The first-order chi connectivity index (χ1) is 10.4. The van der Waals surface area contributed by atoms with Crippen LogP contribution < -0.4 is 0 Å². The zero-order chi connectivity index (χ0) is 16.3. The molecule has 0 saturated heterocycles. The zero-order valence-corrected chi connectivity index (χ0v) is 12.2. The lowest BCUT2D eigenvalue weighted by atomic mass is 10.0. The highest BCUT2D eigenvalue weighted by Gasteiger charge is 2.33. The maximum Gasteiger partial charge on any atom is 0.407 e. The third-order valence-electron chi connectivity index (χ3n) is 3.06. The van der Waals surface area contributed by atoms with E-state index < -0.39 is 17.4 Å². The van der Waals surface area contributed by atoms with Crippen LogP contribution >= 0.6 is 11.8 Å². The summed E-state index contributed by atoms with van der Waals surface area (Å²) in [6.45, 7) is 6.86. The van der Waals surface area contributed by atoms with E-state index in [-0.39, 0.29) is 0 Å². The Hall–Kier alpha value is -2.44. The van der Waals surface area contributed by atoms with Gasteiger partial charge in [-0.25, -0.2) is 4.85 Å². The highest BCUT2D eigenvalue weighted by atomic mass is 32.2. The van der Waals surface area contributed by atoms with Gasteiger partial charge in [0.25, 0.3) is 0 Å². The molecule has 2 rings (SSSR count). The van der Waals surface area contributed by atoms with E-state index in [0.717, 1.165) is 6.07 Å². The van der Waals surface area contributed by atoms with Crippen molar-refractivity contribution >= 4 is 17.4 Å². The van der Waals surface area contributed by atoms with Crippen molar-refractivity contribution in [2.45, 2.75) is 11.1 Å². The van der Waals surface area contributed by atoms with E-state index in [1.807, 2.05) is 6.07 Å². The molecule has 2 aromatic rings. The highest BCUT2D eigenvalue weighted by Crippen LogP contribution is 2.40. The second kappa shape index (κ2) is 6.13. The van der Waals surface area contributed by atoms with E-state index in [0.29, 0.717) is 21.6 Å². The molecule has 22 heavy (non-hydrogen) atoms. The third-order valence-corrected chi connectivity index (χ3v) is 3.84. The van der Waals surface area contributed by atoms with Gasteiger partial charge in [-0.3, -0.25) is 0 Å². The number of halogens is 3. The molecule has 0 aliphatic carbocycles. The van der Waals surface area contributed by atoms with E-state index in [4.69, 9.17) is 11.8 Å². The van der Waals surface area contributed by atoms with Crippen molar-refractivity contribution in [3.05, 3.63) is 58.9 Å². The van der Waals surface area contributed by atoms with Gasteiger partial charge < -0.3 is 0 Å². The smallest absolute Gasteiger partial charge is 0.238 e. The number of nitrogens with zero attached hydrogens (tertiary/aromatic N) is 2. The fourth-order valence-corrected chi connectivity index (χ4v) is 2.68. The summed E-state index contributed by atoms with van der Waals surface area (Å²) in [6, 6.07) is 10.5. The molecule has 2 nitrogen and oxygen atoms in total. The van der Waals surface area contributed by atoms with Gasteiger partial charge in [0.2, 0.25) is 0 Å². The number of hydrogen-bond acceptors (Lipinski definition) is 2. The average Bonchev–Trinajstić information content (AvgIpc) is 2.52. The SMILES string of the molecule is [C-]#[N+]c1ccc(-c2ccc(C#N)cc2SC)cc1C(F)(F)F. The maximum absolute atomic E-state index is 13.0. The Bertz CT molecular complexity index is 799. The minimum atomic E-state index is -4.58. The maximum atomic E-state index is 13.0. The van der Waals surface area contributed by atoms with Crippen molar-refractivity contribution in [3.8, 4) is 17.2 Å². The van der Waals surface area contributed by atoms with Gasteiger partial charge in [-0.05, 0) is 29.5 Å². The predicted octanol–water partition coefficient (Wildman–Crippen LogP) is 5.52. The molecule has 0 N–H and O–H groups in total. The first kappa shape index (κ1) is 15.9. The number of alkyl halides is 3. The molecular weight excluding hydrogens is 309 g/mol. The van der Waals surface area contributed by atoms with Crippen molar-refractivity contribution in [1.82, 2.24) is 0 Å². The van der Waals surface area contributed by atoms with Crippen LogP contribution in [0.25, 0.3) is 16.0 Å². The topological polar surface area (TPSA) is 28.1 Å². The van der Waals surface area contributed by atoms with Crippen LogP contribution in [-0.4, -0.2) is 6.26 Å². The molecule has 0 atom stereocenters. The van der Waals surface area contributed by atoms with Crippen LogP contribution in [0.4, 0.5) is 18.9 Å². The number of hydrogen-bond donors (Lipinski definition) is 0. The van der Waals surface area contributed by atoms with Gasteiger partial charge in [0, 0.05) is 4.90 Å². The highest BCUT2D eigenvalue weighted by molar-refractivity contribution is 7.98. The molecule has 6 heteroatoms. The molecule has 2 aromatic carbocycles. The van der Waals surface area contributed by atoms with Gasteiger partial charge in [-0.1, -0.05) is 24.3 Å². The van der Waals surface area contributed by atoms with Crippen molar-refractivity contribution in [2.24, 2.45) is 0 Å². The Morgan fingerprint density at radius 1 is 1.18 bits per heavy atom. The second-order valence-corrected chi connectivity index (χ2v) is 5.22. The Kier molecular flexibility index (Phi) is 4.44. The standard InChI is InChI=1S/C16H9F3N2S/c1-21-14-6-4-11(8-13(14)16(17,18)19)12-5-3-10(9-20)7-15(12)22-2/h3-8H,2H3. The van der Waals surface area contributed by atoms with Gasteiger partial charge in [0.05, 0.1) is 23.8 Å². The molecule has 0 aliphatic heterocycles. The summed E-state index contributed by atoms with van der Waals surface area (Å²) in [7, 11) is 0. The van der Waals surface area contributed by atoms with Crippen LogP contribution in [-0.2, 0) is 6.18 Å². The molecule has 0 unspecified atom stereocenters. The van der Waals surface area contributed by atoms with Gasteiger partial charge in [-0.15, -0.1) is 11.8 Å². The normalized spacial score (nSPS) is 10.8. The number of thioether (sulfide) groups is 1. The summed E-state index contributed by atoms with van der Waals surface area (Å²) < 4.78 is 39.1. The Labute approximate surface area is 130 Å². The molecule has 0 heterocycles. The van der Waals surface area contributed by atoms with Crippen LogP contribution in [0.15, 0.2) is 41.3 Å². The quantitative estimate of drug-likeness (QED) is 0.539. The van der Waals surface area contributed by atoms with E-state index in [1.54, 1.807) is 24.5 Å². The molecule has 110 valence electrons. The van der Waals surface area contributed by atoms with Crippen LogP contribution in [0, 0.1) is 17.9 Å². The lowest BCUT2D eigenvalue weighted by Crippen LogP contribution is -2.05. The number of nitriles is 1. The summed E-state index contributed by atoms with van der Waals surface area (Å²) >= 11 is 1.35. The molecule has 0 aliphatic rings. The lowest BCUT2D eigenvalue weighted by molar-refractivity contribution is -0.136. The van der Waals surface area contributed by atoms with Crippen LogP contribution in [0.1, 0.15) is 11.1 Å². The van der Waals surface area contributed by atoms with E-state index >= 15 is 0 Å². The largest absolute Gasteiger partial charge is 0.407 e. The molecule has 0 bridgehead atoms. The molecule has 0 radical (unpaired) electrons. The summed E-state index contributed by atoms with van der Waals surface area (Å²) in [5.41, 5.74) is 0.0519. The van der Waals surface area contributed by atoms with E-state index in [2.05, 4.69) is 4.85 Å². The van der Waals surface area contributed by atoms with Crippen LogP contribution in [0.5, 0.6) is 0 Å². The summed E-state index contributed by atoms with van der Waals surface area (Å²) in [5, 5.41) is 8.90. The van der Waals surface area contributed by atoms with Crippen molar-refractivity contribution in [3.63, 3.8) is 0 Å². The lowest BCUT2D eigenvalue weighted by Gasteiger charge is -2.13. The van der Waals surface area contributed by atoms with Crippen molar-refractivity contribution < 1.29 is 13.2 Å². The van der Waals surface area contributed by atoms with Crippen molar-refractivity contribution in [2.75, 3.05) is 6.26 Å². The molecular formula is C16H9F3N2S. The average molecular weight is 318 g/mol. The second-order valence-electron chi connectivity index (χ2n) is 4.37. The minimum Gasteiger partial charge on any atom is -0.238 e. The van der Waals surface area contributed by atoms with Gasteiger partial charge in [-0.2, -0.15) is 18.4 Å². The predicted molar refractivity (Wildman–Crippen MR) is 79.6 cm³/mol. The molecule has 0 saturated carbocycles. The van der Waals surface area contributed by atoms with Gasteiger partial charge >= 0.3 is 6.18 Å². The van der Waals surface area contributed by atoms with E-state index in [1.165, 1.54) is 23.9 Å². The molecule has 0 aromatic heterocycles. The third kappa shape index (κ3) is 3.08. The Balaban J connectivity index is 2.65.